The van der Waals surface area contributed by atoms with E-state index < -0.39 is 18.2 Å². The number of carbonyl (C=O) groups is 2. The molecule has 2 heterocycles. The minimum absolute atomic E-state index is 0.0166. The van der Waals surface area contributed by atoms with Gasteiger partial charge >= 0.3 is 5.97 Å². The first-order valence-electron chi connectivity index (χ1n) is 11.3. The first-order chi connectivity index (χ1) is 14.7. The molecule has 2 aliphatic rings. The Balaban J connectivity index is 2.04. The van der Waals surface area contributed by atoms with Crippen LogP contribution in [0.1, 0.15) is 73.8 Å². The number of likely N-dealkylation sites (N-methyl/N-ethyl adjacent to an activating group) is 1. The fourth-order valence-electron chi connectivity index (χ4n) is 4.58. The fraction of sp³-hybridized carbons (Fsp3) is 0.667. The van der Waals surface area contributed by atoms with E-state index in [9.17, 15) is 19.8 Å². The van der Waals surface area contributed by atoms with Crippen LogP contribution < -0.4 is 4.90 Å². The molecule has 1 aromatic rings. The molecule has 1 aromatic heterocycles. The summed E-state index contributed by atoms with van der Waals surface area (Å²) < 4.78 is 0. The third kappa shape index (κ3) is 5.42. The van der Waals surface area contributed by atoms with Crippen LogP contribution in [-0.4, -0.2) is 52.9 Å². The van der Waals surface area contributed by atoms with Crippen LogP contribution in [0.4, 0.5) is 5.69 Å². The summed E-state index contributed by atoms with van der Waals surface area (Å²) >= 11 is 1.12. The van der Waals surface area contributed by atoms with Crippen molar-refractivity contribution in [2.24, 2.45) is 17.8 Å². The first-order valence-corrected chi connectivity index (χ1v) is 12.1. The molecule has 170 valence electrons. The summed E-state index contributed by atoms with van der Waals surface area (Å²) in [5, 5.41) is 21.4. The summed E-state index contributed by atoms with van der Waals surface area (Å²) in [5.74, 6) is 5.85. The standard InChI is InChI=1S/C24H34N2O4S/c1-15(2)7-12-18-14-20(21(31-18)24(29)30)26(19-6-5-13-25(4)23(19)28)22(27)17-10-8-16(3)9-11-17/h14-17,19,22,27H,5-6,8-11,13H2,1-4H3,(H,29,30)/t16?,17?,19-,22?/m0/s1. The monoisotopic (exact) mass is 446 g/mol. The minimum Gasteiger partial charge on any atom is -0.477 e. The van der Waals surface area contributed by atoms with E-state index in [2.05, 4.69) is 18.8 Å². The van der Waals surface area contributed by atoms with Gasteiger partial charge in [0.2, 0.25) is 5.91 Å². The summed E-state index contributed by atoms with van der Waals surface area (Å²) in [7, 11) is 1.77. The Labute approximate surface area is 189 Å². The zero-order valence-corrected chi connectivity index (χ0v) is 19.7. The molecule has 1 saturated carbocycles. The Morgan fingerprint density at radius 1 is 1.26 bits per heavy atom. The van der Waals surface area contributed by atoms with Gasteiger partial charge in [-0.25, -0.2) is 4.79 Å². The Kier molecular flexibility index (Phi) is 7.66. The van der Waals surface area contributed by atoms with E-state index >= 15 is 0 Å². The lowest BCUT2D eigenvalue weighted by molar-refractivity contribution is -0.134. The van der Waals surface area contributed by atoms with Crippen molar-refractivity contribution in [2.75, 3.05) is 18.5 Å². The van der Waals surface area contributed by atoms with Gasteiger partial charge in [0.1, 0.15) is 17.1 Å². The van der Waals surface area contributed by atoms with E-state index in [4.69, 9.17) is 0 Å². The van der Waals surface area contributed by atoms with Gasteiger partial charge in [-0.15, -0.1) is 11.3 Å². The van der Waals surface area contributed by atoms with Crippen molar-refractivity contribution in [1.82, 2.24) is 4.90 Å². The highest BCUT2D eigenvalue weighted by Crippen LogP contribution is 2.39. The quantitative estimate of drug-likeness (QED) is 0.527. The number of anilines is 1. The van der Waals surface area contributed by atoms with Crippen LogP contribution in [-0.2, 0) is 4.79 Å². The number of hydrogen-bond donors (Lipinski definition) is 2. The molecule has 1 amide bonds. The molecule has 6 nitrogen and oxygen atoms in total. The van der Waals surface area contributed by atoms with Gasteiger partial charge in [0, 0.05) is 25.4 Å². The fourth-order valence-corrected chi connectivity index (χ4v) is 5.43. The maximum Gasteiger partial charge on any atom is 0.348 e. The van der Waals surface area contributed by atoms with Crippen LogP contribution in [0, 0.1) is 29.6 Å². The number of amides is 1. The highest BCUT2D eigenvalue weighted by molar-refractivity contribution is 7.15. The van der Waals surface area contributed by atoms with Crippen molar-refractivity contribution >= 4 is 28.9 Å². The van der Waals surface area contributed by atoms with Crippen LogP contribution in [0.25, 0.3) is 0 Å². The lowest BCUT2D eigenvalue weighted by Crippen LogP contribution is -2.56. The number of carboxylic acids is 1. The predicted octanol–water partition coefficient (Wildman–Crippen LogP) is 4.03. The Bertz CT molecular complexity index is 861. The lowest BCUT2D eigenvalue weighted by Gasteiger charge is -2.44. The average molecular weight is 447 g/mol. The van der Waals surface area contributed by atoms with E-state index in [1.54, 1.807) is 22.9 Å². The van der Waals surface area contributed by atoms with E-state index in [1.165, 1.54) is 0 Å². The number of piperidine rings is 1. The highest BCUT2D eigenvalue weighted by Gasteiger charge is 2.40. The van der Waals surface area contributed by atoms with Crippen molar-refractivity contribution in [3.8, 4) is 11.8 Å². The number of likely N-dealkylation sites (tertiary alicyclic amines) is 1. The maximum atomic E-state index is 13.1. The van der Waals surface area contributed by atoms with Gasteiger partial charge in [-0.1, -0.05) is 45.5 Å². The van der Waals surface area contributed by atoms with Gasteiger partial charge in [0.25, 0.3) is 0 Å². The number of carboxylic acid groups (broad SMARTS) is 1. The molecule has 31 heavy (non-hydrogen) atoms. The number of nitrogens with zero attached hydrogens (tertiary/aromatic N) is 2. The molecule has 0 spiro atoms. The molecule has 1 unspecified atom stereocenters. The molecule has 2 atom stereocenters. The SMILES string of the molecule is CC(C)C#Cc1cc(N(C(O)C2CCC(C)CC2)[C@H]2CCCN(C)C2=O)c(C(=O)O)s1. The third-order valence-electron chi connectivity index (χ3n) is 6.40. The molecule has 7 heteroatoms. The van der Waals surface area contributed by atoms with E-state index in [0.717, 1.165) is 43.4 Å². The molecule has 1 aliphatic carbocycles. The number of aliphatic hydroxyl groups excluding tert-OH is 1. The molecule has 2 fully saturated rings. The number of hydrogen-bond acceptors (Lipinski definition) is 5. The zero-order valence-electron chi connectivity index (χ0n) is 18.9. The smallest absolute Gasteiger partial charge is 0.348 e. The van der Waals surface area contributed by atoms with Crippen molar-refractivity contribution in [2.45, 2.75) is 71.6 Å². The topological polar surface area (TPSA) is 81.1 Å². The van der Waals surface area contributed by atoms with Crippen molar-refractivity contribution < 1.29 is 19.8 Å². The summed E-state index contributed by atoms with van der Waals surface area (Å²) in [4.78, 5) is 29.4. The summed E-state index contributed by atoms with van der Waals surface area (Å²) in [6.45, 7) is 6.87. The zero-order chi connectivity index (χ0) is 22.7. The molecule has 0 aromatic carbocycles. The second-order valence-electron chi connectivity index (χ2n) is 9.31. The lowest BCUT2D eigenvalue weighted by atomic mass is 9.81. The van der Waals surface area contributed by atoms with Crippen LogP contribution in [0.15, 0.2) is 6.07 Å². The molecule has 2 N–H and O–H groups in total. The van der Waals surface area contributed by atoms with Crippen LogP contribution in [0.2, 0.25) is 0 Å². The number of aromatic carboxylic acids is 1. The van der Waals surface area contributed by atoms with Gasteiger partial charge in [0.05, 0.1) is 10.6 Å². The van der Waals surface area contributed by atoms with Crippen LogP contribution >= 0.6 is 11.3 Å². The van der Waals surface area contributed by atoms with Crippen molar-refractivity contribution in [1.29, 1.82) is 0 Å². The molecule has 0 bridgehead atoms. The predicted molar refractivity (Wildman–Crippen MR) is 123 cm³/mol. The summed E-state index contributed by atoms with van der Waals surface area (Å²) in [5.41, 5.74) is 0.422. The average Bonchev–Trinajstić information content (AvgIpc) is 3.14. The van der Waals surface area contributed by atoms with Gasteiger partial charge in [0.15, 0.2) is 0 Å². The Morgan fingerprint density at radius 2 is 1.94 bits per heavy atom. The largest absolute Gasteiger partial charge is 0.477 e. The van der Waals surface area contributed by atoms with Gasteiger partial charge < -0.3 is 20.0 Å². The third-order valence-corrected chi connectivity index (χ3v) is 7.43. The van der Waals surface area contributed by atoms with Crippen LogP contribution in [0.5, 0.6) is 0 Å². The van der Waals surface area contributed by atoms with Gasteiger partial charge in [-0.05, 0) is 37.7 Å². The normalized spacial score (nSPS) is 25.2. The van der Waals surface area contributed by atoms with Crippen molar-refractivity contribution in [3.63, 3.8) is 0 Å². The molecule has 1 aliphatic heterocycles. The van der Waals surface area contributed by atoms with Gasteiger partial charge in [-0.2, -0.15) is 0 Å². The highest BCUT2D eigenvalue weighted by atomic mass is 32.1. The second-order valence-corrected chi connectivity index (χ2v) is 10.4. The van der Waals surface area contributed by atoms with Crippen molar-refractivity contribution in [3.05, 3.63) is 15.8 Å². The first kappa shape index (κ1) is 23.6. The van der Waals surface area contributed by atoms with E-state index in [1.807, 2.05) is 13.8 Å². The Morgan fingerprint density at radius 3 is 2.55 bits per heavy atom. The minimum atomic E-state index is -1.05. The van der Waals surface area contributed by atoms with Gasteiger partial charge in [-0.3, -0.25) is 4.79 Å². The van der Waals surface area contributed by atoms with E-state index in [-0.39, 0.29) is 22.6 Å². The number of aliphatic hydroxyl groups is 1. The number of rotatable bonds is 5. The maximum absolute atomic E-state index is 13.1. The molecule has 0 radical (unpaired) electrons. The molecular formula is C24H34N2O4S. The summed E-state index contributed by atoms with van der Waals surface area (Å²) in [6.07, 6.45) is 4.36. The molecular weight excluding hydrogens is 412 g/mol. The number of thiophene rings is 1. The second kappa shape index (κ2) is 10.1. The van der Waals surface area contributed by atoms with E-state index in [0.29, 0.717) is 29.4 Å². The Hall–Kier alpha value is -2.04. The molecule has 1 saturated heterocycles. The molecule has 3 rings (SSSR count). The van der Waals surface area contributed by atoms with Crippen LogP contribution in [0.3, 0.4) is 0 Å². The number of carbonyl (C=O) groups excluding carboxylic acids is 1. The summed E-state index contributed by atoms with van der Waals surface area (Å²) in [6, 6.07) is 1.19.